The van der Waals surface area contributed by atoms with E-state index < -0.39 is 28.2 Å². The van der Waals surface area contributed by atoms with Crippen molar-refractivity contribution in [1.29, 1.82) is 0 Å². The second kappa shape index (κ2) is 8.99. The predicted molar refractivity (Wildman–Crippen MR) is 111 cm³/mol. The fourth-order valence-electron chi connectivity index (χ4n) is 3.92. The smallest absolute Gasteiger partial charge is 0.324 e. The maximum Gasteiger partial charge on any atom is 0.324 e. The van der Waals surface area contributed by atoms with Gasteiger partial charge >= 0.3 is 11.9 Å². The maximum atomic E-state index is 13.1. The molecule has 162 valence electrons. The molecule has 0 saturated heterocycles. The lowest BCUT2D eigenvalue weighted by Gasteiger charge is -2.32. The summed E-state index contributed by atoms with van der Waals surface area (Å²) in [6.45, 7) is 7.51. The molecule has 1 unspecified atom stereocenters. The zero-order chi connectivity index (χ0) is 22.6. The summed E-state index contributed by atoms with van der Waals surface area (Å²) in [6, 6.07) is 12.7. The van der Waals surface area contributed by atoms with Crippen LogP contribution in [-0.4, -0.2) is 30.1 Å². The highest BCUT2D eigenvalue weighted by Gasteiger charge is 2.61. The van der Waals surface area contributed by atoms with Gasteiger partial charge in [0.2, 0.25) is 0 Å². The van der Waals surface area contributed by atoms with Gasteiger partial charge in [-0.3, -0.25) is 19.7 Å². The van der Waals surface area contributed by atoms with E-state index in [-0.39, 0.29) is 31.1 Å². The summed E-state index contributed by atoms with van der Waals surface area (Å²) in [5, 5.41) is 10.9. The van der Waals surface area contributed by atoms with Crippen molar-refractivity contribution in [3.63, 3.8) is 0 Å². The highest BCUT2D eigenvalue weighted by molar-refractivity contribution is 6.03. The number of ether oxygens (including phenoxy) is 3. The minimum absolute atomic E-state index is 0.0865. The normalized spacial score (nSPS) is 16.1. The number of non-ortho nitro benzene ring substituents is 1. The Kier molecular flexibility index (Phi) is 6.39. The van der Waals surface area contributed by atoms with Crippen LogP contribution in [0.3, 0.4) is 0 Å². The van der Waals surface area contributed by atoms with Crippen LogP contribution in [-0.2, 0) is 25.5 Å². The molecule has 0 fully saturated rings. The molecule has 31 heavy (non-hydrogen) atoms. The number of carbonyl (C=O) groups is 2. The lowest BCUT2D eigenvalue weighted by atomic mass is 9.75. The van der Waals surface area contributed by atoms with Crippen molar-refractivity contribution in [3.8, 4) is 5.75 Å². The molecule has 1 aliphatic carbocycles. The number of carbonyl (C=O) groups excluding carboxylic acids is 2. The largest absolute Gasteiger partial charge is 0.465 e. The summed E-state index contributed by atoms with van der Waals surface area (Å²) in [7, 11) is 0. The van der Waals surface area contributed by atoms with Crippen LogP contribution >= 0.6 is 0 Å². The topological polar surface area (TPSA) is 105 Å². The first kappa shape index (κ1) is 22.0. The van der Waals surface area contributed by atoms with E-state index in [0.717, 1.165) is 11.1 Å². The van der Waals surface area contributed by atoms with Crippen molar-refractivity contribution in [3.05, 3.63) is 82.1 Å². The number of nitro benzene ring substituents is 1. The molecule has 8 nitrogen and oxygen atoms in total. The summed E-state index contributed by atoms with van der Waals surface area (Å²) >= 11 is 0. The molecule has 0 aromatic heterocycles. The van der Waals surface area contributed by atoms with Gasteiger partial charge in [-0.25, -0.2) is 0 Å². The fourth-order valence-corrected chi connectivity index (χ4v) is 3.92. The van der Waals surface area contributed by atoms with Crippen molar-refractivity contribution in [2.24, 2.45) is 5.41 Å². The van der Waals surface area contributed by atoms with Crippen LogP contribution in [0.1, 0.15) is 30.9 Å². The SMILES string of the molecule is C=C(Oc1ccc([N+](=O)[O-])cc1)C1c2ccccc2CC1(C(=O)OCC)C(=O)OCC. The van der Waals surface area contributed by atoms with Crippen LogP contribution < -0.4 is 4.74 Å². The number of benzene rings is 2. The molecule has 0 radical (unpaired) electrons. The van der Waals surface area contributed by atoms with Crippen LogP contribution in [0.2, 0.25) is 0 Å². The third-order valence-corrected chi connectivity index (χ3v) is 5.23. The summed E-state index contributed by atoms with van der Waals surface area (Å²) in [5.74, 6) is -1.83. The fraction of sp³-hybridized carbons (Fsp3) is 0.304. The van der Waals surface area contributed by atoms with E-state index in [2.05, 4.69) is 6.58 Å². The van der Waals surface area contributed by atoms with E-state index in [4.69, 9.17) is 14.2 Å². The molecule has 0 amide bonds. The van der Waals surface area contributed by atoms with Crippen molar-refractivity contribution in [1.82, 2.24) is 0 Å². The average Bonchev–Trinajstić information content (AvgIpc) is 3.11. The van der Waals surface area contributed by atoms with Gasteiger partial charge in [0.25, 0.3) is 5.69 Å². The molecule has 2 aromatic carbocycles. The third kappa shape index (κ3) is 4.01. The number of nitro groups is 1. The first-order valence-corrected chi connectivity index (χ1v) is 9.88. The molecule has 0 spiro atoms. The van der Waals surface area contributed by atoms with Gasteiger partial charge in [-0.2, -0.15) is 0 Å². The first-order valence-electron chi connectivity index (χ1n) is 9.88. The number of fused-ring (bicyclic) bond motifs is 1. The van der Waals surface area contributed by atoms with Crippen molar-refractivity contribution in [2.75, 3.05) is 13.2 Å². The Morgan fingerprint density at radius 2 is 1.65 bits per heavy atom. The van der Waals surface area contributed by atoms with Gasteiger partial charge in [-0.1, -0.05) is 30.8 Å². The standard InChI is InChI=1S/C23H23NO7/c1-4-29-21(25)23(22(26)30-5-2)14-16-8-6-7-9-19(16)20(23)15(3)31-18-12-10-17(11-13-18)24(27)28/h6-13,20H,3-5,14H2,1-2H3. The van der Waals surface area contributed by atoms with Gasteiger partial charge < -0.3 is 14.2 Å². The molecule has 0 bridgehead atoms. The lowest BCUT2D eigenvalue weighted by molar-refractivity contribution is -0.384. The number of rotatable bonds is 8. The quantitative estimate of drug-likeness (QED) is 0.207. The molecule has 1 atom stereocenters. The second-order valence-corrected chi connectivity index (χ2v) is 7.04. The van der Waals surface area contributed by atoms with Crippen LogP contribution in [0.5, 0.6) is 5.75 Å². The Bertz CT molecular complexity index is 995. The lowest BCUT2D eigenvalue weighted by Crippen LogP contribution is -2.46. The number of esters is 2. The number of hydrogen-bond donors (Lipinski definition) is 0. The van der Waals surface area contributed by atoms with E-state index in [1.165, 1.54) is 24.3 Å². The molecule has 8 heteroatoms. The van der Waals surface area contributed by atoms with Gasteiger partial charge in [0.05, 0.1) is 24.1 Å². The van der Waals surface area contributed by atoms with Crippen LogP contribution in [0.4, 0.5) is 5.69 Å². The second-order valence-electron chi connectivity index (χ2n) is 7.04. The Morgan fingerprint density at radius 1 is 1.06 bits per heavy atom. The molecule has 2 aromatic rings. The van der Waals surface area contributed by atoms with Gasteiger partial charge in [0.15, 0.2) is 5.41 Å². The van der Waals surface area contributed by atoms with Crippen LogP contribution in [0.25, 0.3) is 0 Å². The minimum atomic E-state index is -1.67. The Balaban J connectivity index is 2.04. The zero-order valence-corrected chi connectivity index (χ0v) is 17.3. The third-order valence-electron chi connectivity index (χ3n) is 5.23. The Hall–Kier alpha value is -3.68. The van der Waals surface area contributed by atoms with Crippen molar-refractivity contribution < 1.29 is 28.7 Å². The van der Waals surface area contributed by atoms with Gasteiger partial charge in [-0.05, 0) is 37.1 Å². The van der Waals surface area contributed by atoms with E-state index in [0.29, 0.717) is 5.75 Å². The van der Waals surface area contributed by atoms with Crippen molar-refractivity contribution >= 4 is 17.6 Å². The summed E-state index contributed by atoms with van der Waals surface area (Å²) < 4.78 is 16.4. The van der Waals surface area contributed by atoms with E-state index in [1.807, 2.05) is 18.2 Å². The monoisotopic (exact) mass is 425 g/mol. The predicted octanol–water partition coefficient (Wildman–Crippen LogP) is 3.94. The Labute approximate surface area is 179 Å². The molecule has 1 aliphatic rings. The van der Waals surface area contributed by atoms with E-state index in [9.17, 15) is 19.7 Å². The van der Waals surface area contributed by atoms with Crippen LogP contribution in [0, 0.1) is 15.5 Å². The van der Waals surface area contributed by atoms with Gasteiger partial charge in [0.1, 0.15) is 11.5 Å². The molecular formula is C23H23NO7. The van der Waals surface area contributed by atoms with Crippen LogP contribution in [0.15, 0.2) is 60.9 Å². The Morgan fingerprint density at radius 3 is 2.19 bits per heavy atom. The summed E-state index contributed by atoms with van der Waals surface area (Å²) in [4.78, 5) is 36.7. The van der Waals surface area contributed by atoms with E-state index >= 15 is 0 Å². The highest BCUT2D eigenvalue weighted by atomic mass is 16.6. The molecule has 0 saturated carbocycles. The molecule has 0 aliphatic heterocycles. The maximum absolute atomic E-state index is 13.1. The first-order chi connectivity index (χ1) is 14.8. The number of nitrogens with zero attached hydrogens (tertiary/aromatic N) is 1. The number of allylic oxidation sites excluding steroid dienone is 1. The molecule has 0 N–H and O–H groups in total. The summed E-state index contributed by atoms with van der Waals surface area (Å²) in [6.07, 6.45) is 0.0914. The number of hydrogen-bond acceptors (Lipinski definition) is 7. The minimum Gasteiger partial charge on any atom is -0.465 e. The van der Waals surface area contributed by atoms with Gasteiger partial charge in [-0.15, -0.1) is 0 Å². The van der Waals surface area contributed by atoms with Crippen molar-refractivity contribution in [2.45, 2.75) is 26.2 Å². The van der Waals surface area contributed by atoms with Gasteiger partial charge in [0, 0.05) is 18.6 Å². The molecule has 3 rings (SSSR count). The summed E-state index contributed by atoms with van der Waals surface area (Å²) in [5.41, 5.74) is -0.248. The highest BCUT2D eigenvalue weighted by Crippen LogP contribution is 2.52. The van der Waals surface area contributed by atoms with E-state index in [1.54, 1.807) is 19.9 Å². The average molecular weight is 425 g/mol. The zero-order valence-electron chi connectivity index (χ0n) is 17.3. The molecular weight excluding hydrogens is 402 g/mol. The molecule has 0 heterocycles.